The zero-order valence-corrected chi connectivity index (χ0v) is 16.4. The molecule has 1 aromatic carbocycles. The van der Waals surface area contributed by atoms with Gasteiger partial charge in [-0.2, -0.15) is 0 Å². The van der Waals surface area contributed by atoms with Crippen LogP contribution in [0.3, 0.4) is 0 Å². The van der Waals surface area contributed by atoms with Crippen molar-refractivity contribution < 1.29 is 14.3 Å². The molecule has 25 heavy (non-hydrogen) atoms. The number of aryl methyl sites for hydroxylation is 1. The molecule has 0 saturated heterocycles. The molecule has 1 aromatic heterocycles. The van der Waals surface area contributed by atoms with Crippen LogP contribution in [0.25, 0.3) is 0 Å². The number of hydrogen-bond acceptors (Lipinski definition) is 7. The largest absolute Gasteiger partial charge is 0.465 e. The van der Waals surface area contributed by atoms with Crippen LogP contribution in [0.15, 0.2) is 22.5 Å². The maximum Gasteiger partial charge on any atom is 0.316 e. The third kappa shape index (κ3) is 6.47. The number of carbonyl (C=O) groups is 2. The second-order valence-corrected chi connectivity index (χ2v) is 7.71. The van der Waals surface area contributed by atoms with Gasteiger partial charge in [0.05, 0.1) is 22.4 Å². The van der Waals surface area contributed by atoms with Crippen molar-refractivity contribution in [2.75, 3.05) is 17.7 Å². The van der Waals surface area contributed by atoms with E-state index in [4.69, 9.17) is 27.9 Å². The van der Waals surface area contributed by atoms with Crippen LogP contribution in [0.1, 0.15) is 18.9 Å². The maximum absolute atomic E-state index is 12.0. The Hall–Kier alpha value is -1.35. The Balaban J connectivity index is 1.81. The van der Waals surface area contributed by atoms with Crippen LogP contribution < -0.4 is 5.32 Å². The van der Waals surface area contributed by atoms with Crippen molar-refractivity contribution in [3.05, 3.63) is 33.8 Å². The Labute approximate surface area is 163 Å². The summed E-state index contributed by atoms with van der Waals surface area (Å²) in [7, 11) is 0. The third-order valence-corrected chi connectivity index (χ3v) is 5.73. The van der Waals surface area contributed by atoms with E-state index >= 15 is 0 Å². The van der Waals surface area contributed by atoms with Gasteiger partial charge in [-0.3, -0.25) is 9.59 Å². The van der Waals surface area contributed by atoms with Gasteiger partial charge in [0.25, 0.3) is 0 Å². The number of benzene rings is 1. The zero-order chi connectivity index (χ0) is 18.2. The van der Waals surface area contributed by atoms with Crippen LogP contribution in [0.4, 0.5) is 5.13 Å². The molecule has 0 aliphatic rings. The predicted octanol–water partition coefficient (Wildman–Crippen LogP) is 4.07. The highest BCUT2D eigenvalue weighted by atomic mass is 35.5. The molecule has 2 aromatic rings. The van der Waals surface area contributed by atoms with Crippen LogP contribution in [-0.4, -0.2) is 34.4 Å². The van der Waals surface area contributed by atoms with Gasteiger partial charge in [0, 0.05) is 6.42 Å². The summed E-state index contributed by atoms with van der Waals surface area (Å²) >= 11 is 14.5. The molecule has 0 aliphatic heterocycles. The fourth-order valence-electron chi connectivity index (χ4n) is 1.81. The quantitative estimate of drug-likeness (QED) is 0.394. The second kappa shape index (κ2) is 9.96. The van der Waals surface area contributed by atoms with Crippen LogP contribution in [0.2, 0.25) is 10.0 Å². The fraction of sp³-hybridized carbons (Fsp3) is 0.333. The highest BCUT2D eigenvalue weighted by Crippen LogP contribution is 2.27. The molecule has 0 unspecified atom stereocenters. The lowest BCUT2D eigenvalue weighted by Gasteiger charge is -2.05. The Morgan fingerprint density at radius 3 is 2.88 bits per heavy atom. The Morgan fingerprint density at radius 2 is 2.12 bits per heavy atom. The first-order valence-electron chi connectivity index (χ1n) is 7.34. The van der Waals surface area contributed by atoms with Crippen molar-refractivity contribution in [2.24, 2.45) is 0 Å². The molecule has 134 valence electrons. The van der Waals surface area contributed by atoms with Gasteiger partial charge in [0.2, 0.25) is 11.0 Å². The summed E-state index contributed by atoms with van der Waals surface area (Å²) in [5.74, 6) is -0.357. The lowest BCUT2D eigenvalue weighted by Crippen LogP contribution is -2.12. The molecule has 1 heterocycles. The van der Waals surface area contributed by atoms with E-state index in [9.17, 15) is 9.59 Å². The number of carbonyl (C=O) groups excluding carboxylic acids is 2. The number of rotatable bonds is 8. The fourth-order valence-corrected chi connectivity index (χ4v) is 3.79. The Kier molecular flexibility index (Phi) is 7.95. The zero-order valence-electron chi connectivity index (χ0n) is 13.3. The molecule has 0 fully saturated rings. The van der Waals surface area contributed by atoms with E-state index in [-0.39, 0.29) is 24.1 Å². The standard InChI is InChI=1S/C15H15Cl2N3O3S2/c1-2-23-12(22)8-24-15-20-19-14(25-15)18-11(21)7-6-9-4-3-5-10(16)13(9)17/h3-5H,2,6-8H2,1H3,(H,18,19,21). The number of esters is 1. The van der Waals surface area contributed by atoms with Crippen molar-refractivity contribution in [1.82, 2.24) is 10.2 Å². The summed E-state index contributed by atoms with van der Waals surface area (Å²) in [5, 5.41) is 11.8. The minimum atomic E-state index is -0.313. The summed E-state index contributed by atoms with van der Waals surface area (Å²) in [6.07, 6.45) is 0.708. The van der Waals surface area contributed by atoms with Crippen molar-refractivity contribution >= 4 is 63.3 Å². The first-order valence-corrected chi connectivity index (χ1v) is 9.90. The smallest absolute Gasteiger partial charge is 0.316 e. The first-order chi connectivity index (χ1) is 12.0. The molecule has 10 heteroatoms. The molecule has 0 bridgehead atoms. The monoisotopic (exact) mass is 419 g/mol. The van der Waals surface area contributed by atoms with Crippen LogP contribution in [-0.2, 0) is 20.7 Å². The highest BCUT2D eigenvalue weighted by Gasteiger charge is 2.12. The molecular formula is C15H15Cl2N3O3S2. The topological polar surface area (TPSA) is 81.2 Å². The van der Waals surface area contributed by atoms with Crippen molar-refractivity contribution in [1.29, 1.82) is 0 Å². The third-order valence-electron chi connectivity index (χ3n) is 2.92. The van der Waals surface area contributed by atoms with Crippen LogP contribution in [0, 0.1) is 0 Å². The number of aromatic nitrogens is 2. The van der Waals surface area contributed by atoms with Gasteiger partial charge in [-0.1, -0.05) is 58.4 Å². The van der Waals surface area contributed by atoms with E-state index in [1.807, 2.05) is 6.07 Å². The average Bonchev–Trinajstić information content (AvgIpc) is 3.02. The van der Waals surface area contributed by atoms with Gasteiger partial charge < -0.3 is 10.1 Å². The SMILES string of the molecule is CCOC(=O)CSc1nnc(NC(=O)CCc2cccc(Cl)c2Cl)s1. The Morgan fingerprint density at radius 1 is 1.32 bits per heavy atom. The number of nitrogens with zero attached hydrogens (tertiary/aromatic N) is 2. The molecule has 0 radical (unpaired) electrons. The van der Waals surface area contributed by atoms with Gasteiger partial charge in [0.1, 0.15) is 0 Å². The first kappa shape index (κ1) is 20.0. The van der Waals surface area contributed by atoms with Gasteiger partial charge >= 0.3 is 5.97 Å². The average molecular weight is 420 g/mol. The van der Waals surface area contributed by atoms with Crippen molar-refractivity contribution in [3.63, 3.8) is 0 Å². The molecule has 0 aliphatic carbocycles. The van der Waals surface area contributed by atoms with Crippen LogP contribution >= 0.6 is 46.3 Å². The molecule has 0 atom stereocenters. The molecule has 2 rings (SSSR count). The maximum atomic E-state index is 12.0. The molecule has 0 spiro atoms. The predicted molar refractivity (Wildman–Crippen MR) is 101 cm³/mol. The summed E-state index contributed by atoms with van der Waals surface area (Å²) in [5.41, 5.74) is 0.812. The van der Waals surface area contributed by atoms with E-state index in [0.717, 1.165) is 5.56 Å². The summed E-state index contributed by atoms with van der Waals surface area (Å²) in [6.45, 7) is 2.09. The van der Waals surface area contributed by atoms with E-state index in [1.165, 1.54) is 23.1 Å². The number of nitrogens with one attached hydrogen (secondary N) is 1. The summed E-state index contributed by atoms with van der Waals surface area (Å²) in [4.78, 5) is 23.3. The normalized spacial score (nSPS) is 10.5. The molecule has 0 saturated carbocycles. The van der Waals surface area contributed by atoms with Crippen molar-refractivity contribution in [2.45, 2.75) is 24.1 Å². The summed E-state index contributed by atoms with van der Waals surface area (Å²) in [6, 6.07) is 5.32. The van der Waals surface area contributed by atoms with Gasteiger partial charge in [0.15, 0.2) is 4.34 Å². The number of ether oxygens (including phenoxy) is 1. The van der Waals surface area contributed by atoms with Gasteiger partial charge in [-0.25, -0.2) is 0 Å². The van der Waals surface area contributed by atoms with E-state index < -0.39 is 0 Å². The van der Waals surface area contributed by atoms with Gasteiger partial charge in [-0.15, -0.1) is 10.2 Å². The van der Waals surface area contributed by atoms with E-state index in [1.54, 1.807) is 19.1 Å². The lowest BCUT2D eigenvalue weighted by atomic mass is 10.1. The minimum Gasteiger partial charge on any atom is -0.465 e. The molecule has 1 N–H and O–H groups in total. The number of anilines is 1. The van der Waals surface area contributed by atoms with E-state index in [0.29, 0.717) is 32.5 Å². The molecular weight excluding hydrogens is 405 g/mol. The number of amides is 1. The number of thioether (sulfide) groups is 1. The molecule has 1 amide bonds. The Bertz CT molecular complexity index is 755. The summed E-state index contributed by atoms with van der Waals surface area (Å²) < 4.78 is 5.42. The van der Waals surface area contributed by atoms with Gasteiger partial charge in [-0.05, 0) is 25.0 Å². The second-order valence-electron chi connectivity index (χ2n) is 4.73. The van der Waals surface area contributed by atoms with E-state index in [2.05, 4.69) is 15.5 Å². The molecule has 6 nitrogen and oxygen atoms in total. The minimum absolute atomic E-state index is 0.156. The lowest BCUT2D eigenvalue weighted by molar-refractivity contribution is -0.139. The number of hydrogen-bond donors (Lipinski definition) is 1. The van der Waals surface area contributed by atoms with Crippen molar-refractivity contribution in [3.8, 4) is 0 Å². The highest BCUT2D eigenvalue weighted by molar-refractivity contribution is 8.01. The number of halogens is 2. The van der Waals surface area contributed by atoms with Crippen LogP contribution in [0.5, 0.6) is 0 Å².